The number of carbonyl (C=O) groups is 2. The van der Waals surface area contributed by atoms with Gasteiger partial charge in [0.2, 0.25) is 0 Å². The van der Waals surface area contributed by atoms with Crippen LogP contribution >= 0.6 is 0 Å². The molecule has 0 bridgehead atoms. The molecule has 0 radical (unpaired) electrons. The second-order valence-electron chi connectivity index (χ2n) is 6.84. The van der Waals surface area contributed by atoms with Crippen molar-refractivity contribution in [2.45, 2.75) is 20.3 Å². The number of benzene rings is 2. The van der Waals surface area contributed by atoms with Gasteiger partial charge in [0.1, 0.15) is 0 Å². The minimum Gasteiger partial charge on any atom is -0.352 e. The third kappa shape index (κ3) is 5.29. The van der Waals surface area contributed by atoms with Gasteiger partial charge >= 0.3 is 0 Å². The van der Waals surface area contributed by atoms with E-state index in [2.05, 4.69) is 10.3 Å². The minimum absolute atomic E-state index is 0.176. The molecule has 0 unspecified atom stereocenters. The van der Waals surface area contributed by atoms with Gasteiger partial charge in [0, 0.05) is 31.2 Å². The molecule has 2 aromatic carbocycles. The standard InChI is InChI=1S/C24H25N3O2/c1-3-27(22-11-7-8-18(2)14-22)24(29)21-15-20(16-25-17-21)23(28)26-13-12-19-9-5-4-6-10-19/h4-11,14-17H,3,12-13H2,1-2H3,(H,26,28). The SMILES string of the molecule is CCN(C(=O)c1cncc(C(=O)NCCc2ccccc2)c1)c1cccc(C)c1. The summed E-state index contributed by atoms with van der Waals surface area (Å²) in [4.78, 5) is 31.3. The average Bonchev–Trinajstić information content (AvgIpc) is 2.75. The number of carbonyl (C=O) groups excluding carboxylic acids is 2. The Morgan fingerprint density at radius 3 is 2.45 bits per heavy atom. The summed E-state index contributed by atoms with van der Waals surface area (Å²) in [7, 11) is 0. The molecule has 1 heterocycles. The van der Waals surface area contributed by atoms with E-state index in [4.69, 9.17) is 0 Å². The van der Waals surface area contributed by atoms with Gasteiger partial charge in [0.25, 0.3) is 11.8 Å². The summed E-state index contributed by atoms with van der Waals surface area (Å²) in [5.41, 5.74) is 3.84. The molecule has 5 heteroatoms. The molecule has 3 aromatic rings. The normalized spacial score (nSPS) is 10.4. The molecule has 1 N–H and O–H groups in total. The first-order valence-corrected chi connectivity index (χ1v) is 9.74. The van der Waals surface area contributed by atoms with Gasteiger partial charge < -0.3 is 10.2 Å². The summed E-state index contributed by atoms with van der Waals surface area (Å²) >= 11 is 0. The molecule has 3 rings (SSSR count). The molecule has 0 fully saturated rings. The molecule has 148 valence electrons. The lowest BCUT2D eigenvalue weighted by atomic mass is 10.1. The Bertz CT molecular complexity index is 986. The molecule has 2 amide bonds. The quantitative estimate of drug-likeness (QED) is 0.666. The van der Waals surface area contributed by atoms with Crippen LogP contribution in [0.2, 0.25) is 0 Å². The van der Waals surface area contributed by atoms with Crippen LogP contribution in [-0.4, -0.2) is 29.9 Å². The largest absolute Gasteiger partial charge is 0.352 e. The highest BCUT2D eigenvalue weighted by Gasteiger charge is 2.18. The Balaban J connectivity index is 1.69. The molecule has 0 saturated carbocycles. The van der Waals surface area contributed by atoms with Crippen LogP contribution in [-0.2, 0) is 6.42 Å². The number of rotatable bonds is 7. The van der Waals surface area contributed by atoms with Gasteiger partial charge in [-0.15, -0.1) is 0 Å². The summed E-state index contributed by atoms with van der Waals surface area (Å²) in [5, 5.41) is 2.89. The molecule has 0 aliphatic carbocycles. The number of anilines is 1. The van der Waals surface area contributed by atoms with E-state index in [1.165, 1.54) is 12.4 Å². The maximum absolute atomic E-state index is 13.0. The van der Waals surface area contributed by atoms with Crippen LogP contribution in [0, 0.1) is 6.92 Å². The van der Waals surface area contributed by atoms with E-state index in [0.29, 0.717) is 24.2 Å². The van der Waals surface area contributed by atoms with Gasteiger partial charge in [-0.25, -0.2) is 0 Å². The van der Waals surface area contributed by atoms with E-state index in [0.717, 1.165) is 23.2 Å². The molecular formula is C24H25N3O2. The van der Waals surface area contributed by atoms with Crippen molar-refractivity contribution in [3.8, 4) is 0 Å². The summed E-state index contributed by atoms with van der Waals surface area (Å²) in [6.45, 7) is 4.96. The zero-order chi connectivity index (χ0) is 20.6. The summed E-state index contributed by atoms with van der Waals surface area (Å²) in [6.07, 6.45) is 3.73. The lowest BCUT2D eigenvalue weighted by Crippen LogP contribution is -2.31. The fraction of sp³-hybridized carbons (Fsp3) is 0.208. The van der Waals surface area contributed by atoms with Gasteiger partial charge in [-0.3, -0.25) is 14.6 Å². The van der Waals surface area contributed by atoms with Crippen molar-refractivity contribution < 1.29 is 9.59 Å². The topological polar surface area (TPSA) is 62.3 Å². The van der Waals surface area contributed by atoms with Crippen LogP contribution in [0.25, 0.3) is 0 Å². The van der Waals surface area contributed by atoms with Crippen LogP contribution in [0.1, 0.15) is 38.8 Å². The van der Waals surface area contributed by atoms with Crippen LogP contribution in [0.5, 0.6) is 0 Å². The monoisotopic (exact) mass is 387 g/mol. The first-order chi connectivity index (χ1) is 14.1. The second-order valence-corrected chi connectivity index (χ2v) is 6.84. The Morgan fingerprint density at radius 2 is 1.72 bits per heavy atom. The van der Waals surface area contributed by atoms with Crippen molar-refractivity contribution in [2.24, 2.45) is 0 Å². The zero-order valence-corrected chi connectivity index (χ0v) is 16.8. The predicted octanol–water partition coefficient (Wildman–Crippen LogP) is 4.03. The molecule has 0 saturated heterocycles. The van der Waals surface area contributed by atoms with Gasteiger partial charge in [-0.05, 0) is 49.6 Å². The van der Waals surface area contributed by atoms with Crippen molar-refractivity contribution in [1.82, 2.24) is 10.3 Å². The lowest BCUT2D eigenvalue weighted by molar-refractivity contribution is 0.0953. The number of hydrogen-bond acceptors (Lipinski definition) is 3. The maximum Gasteiger partial charge on any atom is 0.259 e. The Kier molecular flexibility index (Phi) is 6.74. The third-order valence-electron chi connectivity index (χ3n) is 4.66. The summed E-state index contributed by atoms with van der Waals surface area (Å²) in [5.74, 6) is -0.411. The Morgan fingerprint density at radius 1 is 0.966 bits per heavy atom. The highest BCUT2D eigenvalue weighted by molar-refractivity contribution is 6.07. The van der Waals surface area contributed by atoms with Crippen molar-refractivity contribution in [1.29, 1.82) is 0 Å². The number of aromatic nitrogens is 1. The highest BCUT2D eigenvalue weighted by Crippen LogP contribution is 2.18. The molecule has 29 heavy (non-hydrogen) atoms. The van der Waals surface area contributed by atoms with Crippen molar-refractivity contribution in [2.75, 3.05) is 18.0 Å². The molecule has 0 aliphatic heterocycles. The number of pyridine rings is 1. The van der Waals surface area contributed by atoms with E-state index >= 15 is 0 Å². The smallest absolute Gasteiger partial charge is 0.259 e. The molecule has 0 spiro atoms. The molecule has 5 nitrogen and oxygen atoms in total. The number of aryl methyl sites for hydroxylation is 1. The summed E-state index contributed by atoms with van der Waals surface area (Å²) < 4.78 is 0. The summed E-state index contributed by atoms with van der Waals surface area (Å²) in [6, 6.07) is 19.4. The van der Waals surface area contributed by atoms with Gasteiger partial charge in [0.05, 0.1) is 11.1 Å². The first kappa shape index (κ1) is 20.3. The highest BCUT2D eigenvalue weighted by atomic mass is 16.2. The van der Waals surface area contributed by atoms with Crippen molar-refractivity contribution in [3.05, 3.63) is 95.3 Å². The third-order valence-corrected chi connectivity index (χ3v) is 4.66. The predicted molar refractivity (Wildman–Crippen MR) is 115 cm³/mol. The molecular weight excluding hydrogens is 362 g/mol. The van der Waals surface area contributed by atoms with Crippen molar-refractivity contribution >= 4 is 17.5 Å². The van der Waals surface area contributed by atoms with E-state index < -0.39 is 0 Å². The van der Waals surface area contributed by atoms with Crippen molar-refractivity contribution in [3.63, 3.8) is 0 Å². The number of nitrogens with one attached hydrogen (secondary N) is 1. The zero-order valence-electron chi connectivity index (χ0n) is 16.8. The van der Waals surface area contributed by atoms with E-state index in [-0.39, 0.29) is 11.8 Å². The molecule has 0 aliphatic rings. The fourth-order valence-electron chi connectivity index (χ4n) is 3.14. The van der Waals surface area contributed by atoms with E-state index in [9.17, 15) is 9.59 Å². The first-order valence-electron chi connectivity index (χ1n) is 9.74. The Hall–Kier alpha value is -3.47. The number of nitrogens with zero attached hydrogens (tertiary/aromatic N) is 2. The van der Waals surface area contributed by atoms with Crippen LogP contribution in [0.4, 0.5) is 5.69 Å². The second kappa shape index (κ2) is 9.64. The fourth-order valence-corrected chi connectivity index (χ4v) is 3.14. The lowest BCUT2D eigenvalue weighted by Gasteiger charge is -2.21. The van der Waals surface area contributed by atoms with Gasteiger partial charge in [-0.2, -0.15) is 0 Å². The van der Waals surface area contributed by atoms with Crippen LogP contribution < -0.4 is 10.2 Å². The Labute approximate surface area is 171 Å². The maximum atomic E-state index is 13.0. The average molecular weight is 387 g/mol. The number of hydrogen-bond donors (Lipinski definition) is 1. The molecule has 0 atom stereocenters. The van der Waals surface area contributed by atoms with E-state index in [1.54, 1.807) is 11.0 Å². The number of amides is 2. The van der Waals surface area contributed by atoms with Gasteiger partial charge in [0.15, 0.2) is 0 Å². The van der Waals surface area contributed by atoms with Crippen LogP contribution in [0.3, 0.4) is 0 Å². The van der Waals surface area contributed by atoms with E-state index in [1.807, 2.05) is 68.4 Å². The van der Waals surface area contributed by atoms with Crippen LogP contribution in [0.15, 0.2) is 73.1 Å². The minimum atomic E-state index is -0.235. The molecule has 1 aromatic heterocycles. The van der Waals surface area contributed by atoms with Gasteiger partial charge in [-0.1, -0.05) is 42.5 Å².